The molecule has 0 fully saturated rings. The summed E-state index contributed by atoms with van der Waals surface area (Å²) in [4.78, 5) is 11.2. The third kappa shape index (κ3) is 5.57. The standard InChI is InChI=1S/C13H13F5O3/c1-2-20-10(19)7-6-8-4-3-5-9(11(8)12(14)15)21-13(16,17)18/h3-5,12H,2,6-7H2,1H3. The van der Waals surface area contributed by atoms with Gasteiger partial charge in [0.25, 0.3) is 6.43 Å². The molecule has 0 unspecified atom stereocenters. The Kier molecular flexibility index (Phi) is 5.92. The van der Waals surface area contributed by atoms with Gasteiger partial charge in [0.2, 0.25) is 0 Å². The highest BCUT2D eigenvalue weighted by atomic mass is 19.4. The Hall–Kier alpha value is -1.86. The summed E-state index contributed by atoms with van der Waals surface area (Å²) in [5.74, 6) is -1.57. The molecule has 0 N–H and O–H groups in total. The Balaban J connectivity index is 2.98. The Morgan fingerprint density at radius 3 is 2.48 bits per heavy atom. The van der Waals surface area contributed by atoms with E-state index in [0.29, 0.717) is 0 Å². The molecule has 0 aliphatic rings. The van der Waals surface area contributed by atoms with Crippen LogP contribution in [0.1, 0.15) is 30.9 Å². The van der Waals surface area contributed by atoms with Crippen LogP contribution in [0.5, 0.6) is 5.75 Å². The molecule has 21 heavy (non-hydrogen) atoms. The summed E-state index contributed by atoms with van der Waals surface area (Å²) < 4.78 is 70.7. The van der Waals surface area contributed by atoms with Gasteiger partial charge in [0.15, 0.2) is 0 Å². The van der Waals surface area contributed by atoms with Crippen molar-refractivity contribution in [3.8, 4) is 5.75 Å². The monoisotopic (exact) mass is 312 g/mol. The minimum absolute atomic E-state index is 0.0835. The van der Waals surface area contributed by atoms with Crippen LogP contribution in [0, 0.1) is 0 Å². The van der Waals surface area contributed by atoms with Gasteiger partial charge in [0.1, 0.15) is 5.75 Å². The third-order valence-electron chi connectivity index (χ3n) is 2.50. The summed E-state index contributed by atoms with van der Waals surface area (Å²) >= 11 is 0. The largest absolute Gasteiger partial charge is 0.573 e. The van der Waals surface area contributed by atoms with Gasteiger partial charge in [0, 0.05) is 6.42 Å². The van der Waals surface area contributed by atoms with Gasteiger partial charge in [-0.3, -0.25) is 4.79 Å². The van der Waals surface area contributed by atoms with E-state index >= 15 is 0 Å². The van der Waals surface area contributed by atoms with E-state index in [0.717, 1.165) is 12.1 Å². The van der Waals surface area contributed by atoms with E-state index in [1.54, 1.807) is 6.92 Å². The van der Waals surface area contributed by atoms with E-state index in [1.807, 2.05) is 0 Å². The van der Waals surface area contributed by atoms with Crippen molar-refractivity contribution in [1.82, 2.24) is 0 Å². The van der Waals surface area contributed by atoms with Crippen LogP contribution >= 0.6 is 0 Å². The average molecular weight is 312 g/mol. The van der Waals surface area contributed by atoms with Gasteiger partial charge in [-0.15, -0.1) is 13.2 Å². The number of aryl methyl sites for hydroxylation is 1. The first-order valence-corrected chi connectivity index (χ1v) is 6.06. The predicted molar refractivity (Wildman–Crippen MR) is 63.0 cm³/mol. The lowest BCUT2D eigenvalue weighted by Crippen LogP contribution is -2.19. The summed E-state index contributed by atoms with van der Waals surface area (Å²) in [6.45, 7) is 1.72. The second kappa shape index (κ2) is 7.24. The van der Waals surface area contributed by atoms with Crippen molar-refractivity contribution in [3.05, 3.63) is 29.3 Å². The quantitative estimate of drug-likeness (QED) is 0.588. The zero-order valence-corrected chi connectivity index (χ0v) is 11.0. The van der Waals surface area contributed by atoms with Crippen molar-refractivity contribution in [2.75, 3.05) is 6.61 Å². The van der Waals surface area contributed by atoms with Crippen molar-refractivity contribution in [2.45, 2.75) is 32.6 Å². The van der Waals surface area contributed by atoms with Crippen molar-refractivity contribution < 1.29 is 36.2 Å². The molecular formula is C13H13F5O3. The zero-order chi connectivity index (χ0) is 16.0. The molecule has 0 aliphatic heterocycles. The molecular weight excluding hydrogens is 299 g/mol. The van der Waals surface area contributed by atoms with E-state index < -0.39 is 30.1 Å². The van der Waals surface area contributed by atoms with Gasteiger partial charge in [-0.1, -0.05) is 12.1 Å². The summed E-state index contributed by atoms with van der Waals surface area (Å²) in [5.41, 5.74) is -0.945. The van der Waals surface area contributed by atoms with Crippen molar-refractivity contribution in [3.63, 3.8) is 0 Å². The molecule has 1 aromatic rings. The van der Waals surface area contributed by atoms with Gasteiger partial charge in [0.05, 0.1) is 12.2 Å². The second-order valence-corrected chi connectivity index (χ2v) is 3.98. The van der Waals surface area contributed by atoms with Crippen LogP contribution in [0.15, 0.2) is 18.2 Å². The van der Waals surface area contributed by atoms with Gasteiger partial charge >= 0.3 is 12.3 Å². The third-order valence-corrected chi connectivity index (χ3v) is 2.50. The fourth-order valence-electron chi connectivity index (χ4n) is 1.74. The first-order chi connectivity index (χ1) is 9.74. The van der Waals surface area contributed by atoms with Crippen molar-refractivity contribution in [1.29, 1.82) is 0 Å². The van der Waals surface area contributed by atoms with Gasteiger partial charge in [-0.05, 0) is 25.0 Å². The number of hydrogen-bond acceptors (Lipinski definition) is 3. The maximum Gasteiger partial charge on any atom is 0.573 e. The number of rotatable bonds is 6. The minimum Gasteiger partial charge on any atom is -0.466 e. The van der Waals surface area contributed by atoms with Crippen LogP contribution in [0.2, 0.25) is 0 Å². The summed E-state index contributed by atoms with van der Waals surface area (Å²) in [6, 6.07) is 3.19. The Bertz CT molecular complexity index is 485. The highest BCUT2D eigenvalue weighted by molar-refractivity contribution is 5.69. The zero-order valence-electron chi connectivity index (χ0n) is 11.0. The fourth-order valence-corrected chi connectivity index (χ4v) is 1.74. The van der Waals surface area contributed by atoms with Gasteiger partial charge in [-0.2, -0.15) is 0 Å². The number of ether oxygens (including phenoxy) is 2. The van der Waals surface area contributed by atoms with E-state index in [9.17, 15) is 26.7 Å². The Labute approximate surface area is 117 Å². The van der Waals surface area contributed by atoms with Crippen LogP contribution in [0.3, 0.4) is 0 Å². The number of alkyl halides is 5. The molecule has 1 aromatic carbocycles. The van der Waals surface area contributed by atoms with Crippen LogP contribution in [0.25, 0.3) is 0 Å². The SMILES string of the molecule is CCOC(=O)CCc1cccc(OC(F)(F)F)c1C(F)F. The molecule has 0 spiro atoms. The molecule has 0 bridgehead atoms. The number of carbonyl (C=O) groups excluding carboxylic acids is 1. The first kappa shape index (κ1) is 17.2. The van der Waals surface area contributed by atoms with E-state index in [4.69, 9.17) is 0 Å². The molecule has 0 aromatic heterocycles. The molecule has 1 rings (SSSR count). The Morgan fingerprint density at radius 2 is 1.95 bits per heavy atom. The molecule has 3 nitrogen and oxygen atoms in total. The van der Waals surface area contributed by atoms with Crippen LogP contribution < -0.4 is 4.74 Å². The van der Waals surface area contributed by atoms with Crippen molar-refractivity contribution in [2.24, 2.45) is 0 Å². The van der Waals surface area contributed by atoms with Crippen LogP contribution in [-0.4, -0.2) is 18.9 Å². The summed E-state index contributed by atoms with van der Waals surface area (Å²) in [5, 5.41) is 0. The molecule has 118 valence electrons. The second-order valence-electron chi connectivity index (χ2n) is 3.98. The van der Waals surface area contributed by atoms with Crippen LogP contribution in [0.4, 0.5) is 22.0 Å². The maximum absolute atomic E-state index is 13.0. The van der Waals surface area contributed by atoms with Crippen LogP contribution in [-0.2, 0) is 16.0 Å². The lowest BCUT2D eigenvalue weighted by Gasteiger charge is -2.16. The Morgan fingerprint density at radius 1 is 1.29 bits per heavy atom. The van der Waals surface area contributed by atoms with E-state index in [-0.39, 0.29) is 25.0 Å². The predicted octanol–water partition coefficient (Wildman–Crippen LogP) is 4.02. The summed E-state index contributed by atoms with van der Waals surface area (Å²) in [6.07, 6.45) is -8.58. The lowest BCUT2D eigenvalue weighted by molar-refractivity contribution is -0.275. The minimum atomic E-state index is -5.07. The number of carbonyl (C=O) groups is 1. The number of halogens is 5. The molecule has 0 atom stereocenters. The molecule has 0 aliphatic carbocycles. The molecule has 0 saturated carbocycles. The highest BCUT2D eigenvalue weighted by Gasteiger charge is 2.33. The first-order valence-electron chi connectivity index (χ1n) is 6.06. The highest BCUT2D eigenvalue weighted by Crippen LogP contribution is 2.35. The molecule has 0 saturated heterocycles. The molecule has 0 amide bonds. The fraction of sp³-hybridized carbons (Fsp3) is 0.462. The molecule has 0 radical (unpaired) electrons. The van der Waals surface area contributed by atoms with Gasteiger partial charge < -0.3 is 9.47 Å². The van der Waals surface area contributed by atoms with Gasteiger partial charge in [-0.25, -0.2) is 8.78 Å². The topological polar surface area (TPSA) is 35.5 Å². The normalized spacial score (nSPS) is 11.6. The maximum atomic E-state index is 13.0. The number of hydrogen-bond donors (Lipinski definition) is 0. The number of esters is 1. The molecule has 8 heteroatoms. The lowest BCUT2D eigenvalue weighted by atomic mass is 10.0. The smallest absolute Gasteiger partial charge is 0.466 e. The number of benzene rings is 1. The van der Waals surface area contributed by atoms with Crippen molar-refractivity contribution >= 4 is 5.97 Å². The average Bonchev–Trinajstić information content (AvgIpc) is 2.34. The van der Waals surface area contributed by atoms with E-state index in [2.05, 4.69) is 9.47 Å². The molecule has 0 heterocycles. The summed E-state index contributed by atoms with van der Waals surface area (Å²) in [7, 11) is 0. The van der Waals surface area contributed by atoms with E-state index in [1.165, 1.54) is 6.07 Å².